The van der Waals surface area contributed by atoms with Crippen molar-refractivity contribution in [3.05, 3.63) is 58.6 Å². The van der Waals surface area contributed by atoms with Crippen LogP contribution in [0.3, 0.4) is 0 Å². The molecule has 1 aromatic carbocycles. The number of hydrogen-bond acceptors (Lipinski definition) is 1. The highest BCUT2D eigenvalue weighted by molar-refractivity contribution is 7.18. The summed E-state index contributed by atoms with van der Waals surface area (Å²) in [6.45, 7) is 2.11. The molecule has 2 heteroatoms. The second kappa shape index (κ2) is 4.38. The predicted octanol–water partition coefficient (Wildman–Crippen LogP) is 4.32. The van der Waals surface area contributed by atoms with Gasteiger partial charge >= 0.3 is 0 Å². The second-order valence-corrected chi connectivity index (χ2v) is 5.57. The Bertz CT molecular complexity index is 587. The van der Waals surface area contributed by atoms with Crippen molar-refractivity contribution in [2.24, 2.45) is 0 Å². The van der Waals surface area contributed by atoms with Crippen LogP contribution in [0.15, 0.2) is 42.5 Å². The Hall–Kier alpha value is -1.54. The van der Waals surface area contributed by atoms with Gasteiger partial charge in [-0.2, -0.15) is 0 Å². The minimum atomic E-state index is 1.13. The molecule has 0 aliphatic rings. The third-order valence-electron chi connectivity index (χ3n) is 3.00. The van der Waals surface area contributed by atoms with Crippen molar-refractivity contribution in [3.8, 4) is 0 Å². The number of aromatic amines is 1. The molecule has 17 heavy (non-hydrogen) atoms. The molecular formula is C15H15NS. The fourth-order valence-corrected chi connectivity index (χ4v) is 3.25. The molecular weight excluding hydrogens is 226 g/mol. The molecule has 0 saturated heterocycles. The van der Waals surface area contributed by atoms with Gasteiger partial charge in [-0.15, -0.1) is 11.3 Å². The molecule has 0 saturated carbocycles. The lowest BCUT2D eigenvalue weighted by molar-refractivity contribution is 0.982. The maximum absolute atomic E-state index is 3.40. The van der Waals surface area contributed by atoms with Gasteiger partial charge in [0.2, 0.25) is 0 Å². The van der Waals surface area contributed by atoms with Gasteiger partial charge < -0.3 is 4.98 Å². The Balaban J connectivity index is 1.75. The zero-order chi connectivity index (χ0) is 11.7. The Morgan fingerprint density at radius 1 is 1.06 bits per heavy atom. The van der Waals surface area contributed by atoms with Gasteiger partial charge in [-0.25, -0.2) is 0 Å². The number of H-pyrrole nitrogens is 1. The molecule has 0 radical (unpaired) electrons. The third kappa shape index (κ3) is 2.27. The number of fused-ring (bicyclic) bond motifs is 1. The lowest BCUT2D eigenvalue weighted by Crippen LogP contribution is -1.87. The van der Waals surface area contributed by atoms with Gasteiger partial charge in [0.05, 0.1) is 0 Å². The first-order valence-electron chi connectivity index (χ1n) is 5.93. The van der Waals surface area contributed by atoms with Gasteiger partial charge in [-0.1, -0.05) is 30.3 Å². The molecule has 0 unspecified atom stereocenters. The molecule has 0 amide bonds. The van der Waals surface area contributed by atoms with Crippen LogP contribution in [0, 0.1) is 6.92 Å². The molecule has 0 fully saturated rings. The average molecular weight is 241 g/mol. The minimum absolute atomic E-state index is 1.13. The van der Waals surface area contributed by atoms with Gasteiger partial charge in [0.25, 0.3) is 0 Å². The van der Waals surface area contributed by atoms with Gasteiger partial charge in [-0.3, -0.25) is 0 Å². The van der Waals surface area contributed by atoms with Crippen LogP contribution in [0.25, 0.3) is 10.2 Å². The summed E-state index contributed by atoms with van der Waals surface area (Å²) in [6.07, 6.45) is 2.26. The summed E-state index contributed by atoms with van der Waals surface area (Å²) < 4.78 is 0. The highest BCUT2D eigenvalue weighted by atomic mass is 32.1. The van der Waals surface area contributed by atoms with Crippen LogP contribution in [-0.4, -0.2) is 4.98 Å². The van der Waals surface area contributed by atoms with Gasteiger partial charge in [-0.05, 0) is 37.5 Å². The second-order valence-electron chi connectivity index (χ2n) is 4.44. The van der Waals surface area contributed by atoms with Gasteiger partial charge in [0, 0.05) is 16.0 Å². The lowest BCUT2D eigenvalue weighted by atomic mass is 10.1. The number of thiophene rings is 1. The summed E-state index contributed by atoms with van der Waals surface area (Å²) >= 11 is 1.88. The largest absolute Gasteiger partial charge is 0.350 e. The molecule has 3 aromatic rings. The maximum atomic E-state index is 3.40. The Kier molecular flexibility index (Phi) is 2.73. The van der Waals surface area contributed by atoms with Crippen LogP contribution in [0.5, 0.6) is 0 Å². The quantitative estimate of drug-likeness (QED) is 0.702. The fourth-order valence-electron chi connectivity index (χ4n) is 2.15. The number of nitrogens with one attached hydrogen (secondary N) is 1. The standard InChI is InChI=1S/C15H15NS/c1-11-9-13-10-14(17-15(13)16-11)8-7-12-5-3-2-4-6-12/h2-6,9-10,16H,7-8H2,1H3. The first-order chi connectivity index (χ1) is 8.31. The average Bonchev–Trinajstić information content (AvgIpc) is 2.84. The number of benzene rings is 1. The molecule has 0 atom stereocenters. The molecule has 86 valence electrons. The zero-order valence-corrected chi connectivity index (χ0v) is 10.7. The zero-order valence-electron chi connectivity index (χ0n) is 9.86. The number of hydrogen-bond donors (Lipinski definition) is 1. The first-order valence-corrected chi connectivity index (χ1v) is 6.75. The summed E-state index contributed by atoms with van der Waals surface area (Å²) in [6, 6.07) is 15.2. The van der Waals surface area contributed by atoms with E-state index in [1.807, 2.05) is 11.3 Å². The lowest BCUT2D eigenvalue weighted by Gasteiger charge is -1.98. The molecule has 3 rings (SSSR count). The maximum Gasteiger partial charge on any atom is 0.100 e. The number of aryl methyl sites for hydroxylation is 3. The van der Waals surface area contributed by atoms with Crippen LogP contribution in [0.1, 0.15) is 16.1 Å². The van der Waals surface area contributed by atoms with Crippen LogP contribution in [0.4, 0.5) is 0 Å². The molecule has 2 heterocycles. The molecule has 1 N–H and O–H groups in total. The Labute approximate surface area is 105 Å². The minimum Gasteiger partial charge on any atom is -0.350 e. The summed E-state index contributed by atoms with van der Waals surface area (Å²) in [5, 5.41) is 1.36. The Morgan fingerprint density at radius 3 is 2.65 bits per heavy atom. The summed E-state index contributed by atoms with van der Waals surface area (Å²) in [4.78, 5) is 6.17. The molecule has 2 aromatic heterocycles. The van der Waals surface area contributed by atoms with Crippen molar-refractivity contribution in [3.63, 3.8) is 0 Å². The predicted molar refractivity (Wildman–Crippen MR) is 74.8 cm³/mol. The van der Waals surface area contributed by atoms with E-state index in [4.69, 9.17) is 0 Å². The van der Waals surface area contributed by atoms with Crippen LogP contribution in [-0.2, 0) is 12.8 Å². The van der Waals surface area contributed by atoms with E-state index in [0.717, 1.165) is 12.8 Å². The van der Waals surface area contributed by atoms with E-state index in [1.165, 1.54) is 26.4 Å². The smallest absolute Gasteiger partial charge is 0.100 e. The highest BCUT2D eigenvalue weighted by Gasteiger charge is 2.04. The molecule has 0 bridgehead atoms. The topological polar surface area (TPSA) is 15.8 Å². The summed E-state index contributed by atoms with van der Waals surface area (Å²) in [5.41, 5.74) is 2.67. The van der Waals surface area contributed by atoms with Crippen molar-refractivity contribution < 1.29 is 0 Å². The molecule has 1 nitrogen and oxygen atoms in total. The fraction of sp³-hybridized carbons (Fsp3) is 0.200. The van der Waals surface area contributed by atoms with E-state index in [9.17, 15) is 0 Å². The normalized spacial score (nSPS) is 11.1. The monoisotopic (exact) mass is 241 g/mol. The van der Waals surface area contributed by atoms with E-state index in [-0.39, 0.29) is 0 Å². The van der Waals surface area contributed by atoms with E-state index in [2.05, 4.69) is 54.4 Å². The van der Waals surface area contributed by atoms with Gasteiger partial charge in [0.1, 0.15) is 4.83 Å². The molecule has 0 aliphatic carbocycles. The van der Waals surface area contributed by atoms with Crippen LogP contribution >= 0.6 is 11.3 Å². The number of rotatable bonds is 3. The van der Waals surface area contributed by atoms with Crippen molar-refractivity contribution >= 4 is 21.6 Å². The Morgan fingerprint density at radius 2 is 1.88 bits per heavy atom. The van der Waals surface area contributed by atoms with Crippen molar-refractivity contribution in [2.75, 3.05) is 0 Å². The number of aromatic nitrogens is 1. The molecule has 0 spiro atoms. The third-order valence-corrected chi connectivity index (χ3v) is 4.12. The van der Waals surface area contributed by atoms with Crippen molar-refractivity contribution in [2.45, 2.75) is 19.8 Å². The van der Waals surface area contributed by atoms with Crippen molar-refractivity contribution in [1.82, 2.24) is 4.98 Å². The van der Waals surface area contributed by atoms with E-state index >= 15 is 0 Å². The van der Waals surface area contributed by atoms with E-state index < -0.39 is 0 Å². The van der Waals surface area contributed by atoms with E-state index in [1.54, 1.807) is 0 Å². The summed E-state index contributed by atoms with van der Waals surface area (Å²) in [7, 11) is 0. The van der Waals surface area contributed by atoms with E-state index in [0.29, 0.717) is 0 Å². The van der Waals surface area contributed by atoms with Crippen LogP contribution < -0.4 is 0 Å². The SMILES string of the molecule is Cc1cc2cc(CCc3ccccc3)sc2[nH]1. The highest BCUT2D eigenvalue weighted by Crippen LogP contribution is 2.26. The molecule has 0 aliphatic heterocycles. The van der Waals surface area contributed by atoms with Crippen LogP contribution in [0.2, 0.25) is 0 Å². The van der Waals surface area contributed by atoms with Gasteiger partial charge in [0.15, 0.2) is 0 Å². The first kappa shape index (κ1) is 10.6. The van der Waals surface area contributed by atoms with Crippen molar-refractivity contribution in [1.29, 1.82) is 0 Å². The summed E-state index contributed by atoms with van der Waals surface area (Å²) in [5.74, 6) is 0.